The molecule has 1 fully saturated rings. The maximum absolute atomic E-state index is 5.53. The normalized spacial score (nSPS) is 19.2. The van der Waals surface area contributed by atoms with Crippen LogP contribution in [0.4, 0.5) is 11.8 Å². The van der Waals surface area contributed by atoms with Gasteiger partial charge in [-0.05, 0) is 25.3 Å². The van der Waals surface area contributed by atoms with Crippen molar-refractivity contribution in [2.45, 2.75) is 32.2 Å². The van der Waals surface area contributed by atoms with E-state index >= 15 is 0 Å². The average molecular weight is 292 g/mol. The number of hydrogen-bond acceptors (Lipinski definition) is 6. The lowest BCUT2D eigenvalue weighted by atomic mass is 10.1. The topological polar surface area (TPSA) is 59.1 Å². The van der Waals surface area contributed by atoms with Gasteiger partial charge in [0.05, 0.1) is 18.0 Å². The summed E-state index contributed by atoms with van der Waals surface area (Å²) in [5.41, 5.74) is 0. The summed E-state index contributed by atoms with van der Waals surface area (Å²) in [6.45, 7) is 3.79. The van der Waals surface area contributed by atoms with Crippen LogP contribution in [0.15, 0.2) is 6.07 Å². The van der Waals surface area contributed by atoms with E-state index in [2.05, 4.69) is 33.6 Å². The van der Waals surface area contributed by atoms with Crippen LogP contribution in [0, 0.1) is 0 Å². The van der Waals surface area contributed by atoms with E-state index in [1.165, 1.54) is 4.88 Å². The highest BCUT2D eigenvalue weighted by Gasteiger charge is 2.17. The van der Waals surface area contributed by atoms with Gasteiger partial charge in [0.1, 0.15) is 10.6 Å². The molecule has 3 heterocycles. The minimum absolute atomic E-state index is 0.344. The molecule has 1 aliphatic rings. The van der Waals surface area contributed by atoms with Crippen LogP contribution in [0.5, 0.6) is 0 Å². The molecular weight excluding hydrogens is 272 g/mol. The molecule has 5 nitrogen and oxygen atoms in total. The minimum Gasteiger partial charge on any atom is -0.379 e. The standard InChI is InChI=1S/C14H20N4OS/c1-3-10-7-11-12(16-9-5-4-6-19-8-9)17-14(15-2)18-13(11)20-10/h7,9H,3-6,8H2,1-2H3,(H2,15,16,17,18). The Balaban J connectivity index is 1.95. The first-order chi connectivity index (χ1) is 9.80. The highest BCUT2D eigenvalue weighted by atomic mass is 32.1. The molecule has 2 aromatic heterocycles. The van der Waals surface area contributed by atoms with Crippen LogP contribution >= 0.6 is 11.3 Å². The van der Waals surface area contributed by atoms with Crippen molar-refractivity contribution in [1.82, 2.24) is 9.97 Å². The van der Waals surface area contributed by atoms with Gasteiger partial charge >= 0.3 is 0 Å². The molecule has 1 aliphatic heterocycles. The maximum atomic E-state index is 5.53. The van der Waals surface area contributed by atoms with Crippen molar-refractivity contribution in [1.29, 1.82) is 0 Å². The lowest BCUT2D eigenvalue weighted by Gasteiger charge is -2.24. The van der Waals surface area contributed by atoms with Crippen molar-refractivity contribution in [3.8, 4) is 0 Å². The zero-order chi connectivity index (χ0) is 13.9. The van der Waals surface area contributed by atoms with E-state index < -0.39 is 0 Å². The summed E-state index contributed by atoms with van der Waals surface area (Å²) >= 11 is 1.74. The summed E-state index contributed by atoms with van der Waals surface area (Å²) in [4.78, 5) is 11.5. The van der Waals surface area contributed by atoms with Crippen LogP contribution in [0.25, 0.3) is 10.2 Å². The Morgan fingerprint density at radius 2 is 2.35 bits per heavy atom. The van der Waals surface area contributed by atoms with Crippen LogP contribution in [0.2, 0.25) is 0 Å². The van der Waals surface area contributed by atoms with Crippen molar-refractivity contribution < 1.29 is 4.74 Å². The number of nitrogens with zero attached hydrogens (tertiary/aromatic N) is 2. The highest BCUT2D eigenvalue weighted by Crippen LogP contribution is 2.31. The molecule has 0 amide bonds. The van der Waals surface area contributed by atoms with Crippen LogP contribution in [0.3, 0.4) is 0 Å². The van der Waals surface area contributed by atoms with Crippen molar-refractivity contribution in [2.24, 2.45) is 0 Å². The molecule has 0 saturated carbocycles. The molecule has 20 heavy (non-hydrogen) atoms. The number of rotatable bonds is 4. The Morgan fingerprint density at radius 1 is 1.45 bits per heavy atom. The van der Waals surface area contributed by atoms with E-state index in [0.717, 1.165) is 48.5 Å². The highest BCUT2D eigenvalue weighted by molar-refractivity contribution is 7.18. The Kier molecular flexibility index (Phi) is 4.03. The lowest BCUT2D eigenvalue weighted by molar-refractivity contribution is 0.0875. The van der Waals surface area contributed by atoms with E-state index in [0.29, 0.717) is 12.0 Å². The first-order valence-corrected chi connectivity index (χ1v) is 7.94. The van der Waals surface area contributed by atoms with Gasteiger partial charge in [0.25, 0.3) is 0 Å². The van der Waals surface area contributed by atoms with Crippen LogP contribution in [-0.2, 0) is 11.2 Å². The third-order valence-electron chi connectivity index (χ3n) is 3.52. The number of fused-ring (bicyclic) bond motifs is 1. The van der Waals surface area contributed by atoms with Gasteiger partial charge in [-0.15, -0.1) is 11.3 Å². The summed E-state index contributed by atoms with van der Waals surface area (Å²) in [5, 5.41) is 7.69. The Morgan fingerprint density at radius 3 is 3.05 bits per heavy atom. The third kappa shape index (κ3) is 2.71. The zero-order valence-electron chi connectivity index (χ0n) is 11.9. The van der Waals surface area contributed by atoms with Crippen LogP contribution in [-0.4, -0.2) is 36.3 Å². The number of thiophene rings is 1. The zero-order valence-corrected chi connectivity index (χ0v) is 12.7. The van der Waals surface area contributed by atoms with Gasteiger partial charge in [0.2, 0.25) is 5.95 Å². The van der Waals surface area contributed by atoms with Crippen LogP contribution < -0.4 is 10.6 Å². The molecule has 0 spiro atoms. The Hall–Kier alpha value is -1.40. The number of hydrogen-bond donors (Lipinski definition) is 2. The number of aryl methyl sites for hydroxylation is 1. The molecule has 3 rings (SSSR count). The number of nitrogens with one attached hydrogen (secondary N) is 2. The van der Waals surface area contributed by atoms with Crippen molar-refractivity contribution >= 4 is 33.3 Å². The summed E-state index contributed by atoms with van der Waals surface area (Å²) in [5.74, 6) is 1.59. The maximum Gasteiger partial charge on any atom is 0.225 e. The predicted molar refractivity (Wildman–Crippen MR) is 83.8 cm³/mol. The molecule has 2 aromatic rings. The van der Waals surface area contributed by atoms with Crippen molar-refractivity contribution in [3.63, 3.8) is 0 Å². The van der Waals surface area contributed by atoms with Crippen LogP contribution in [0.1, 0.15) is 24.6 Å². The molecule has 0 bridgehead atoms. The SMILES string of the molecule is CCc1cc2c(NC3CCCOC3)nc(NC)nc2s1. The molecule has 1 saturated heterocycles. The summed E-state index contributed by atoms with van der Waals surface area (Å²) in [6.07, 6.45) is 3.27. The predicted octanol–water partition coefficient (Wildman–Crippen LogP) is 2.89. The second-order valence-corrected chi connectivity index (χ2v) is 6.10. The van der Waals surface area contributed by atoms with Gasteiger partial charge in [0, 0.05) is 18.5 Å². The molecule has 0 aromatic carbocycles. The van der Waals surface area contributed by atoms with Gasteiger partial charge in [0.15, 0.2) is 0 Å². The van der Waals surface area contributed by atoms with Gasteiger partial charge in [-0.2, -0.15) is 4.98 Å². The molecular formula is C14H20N4OS. The fourth-order valence-corrected chi connectivity index (χ4v) is 3.38. The fourth-order valence-electron chi connectivity index (χ4n) is 2.42. The van der Waals surface area contributed by atoms with Crippen molar-refractivity contribution in [2.75, 3.05) is 30.9 Å². The average Bonchev–Trinajstić information content (AvgIpc) is 2.91. The van der Waals surface area contributed by atoms with Crippen molar-refractivity contribution in [3.05, 3.63) is 10.9 Å². The molecule has 2 N–H and O–H groups in total. The van der Waals surface area contributed by atoms with E-state index in [9.17, 15) is 0 Å². The van der Waals surface area contributed by atoms with E-state index in [-0.39, 0.29) is 0 Å². The number of anilines is 2. The Labute approximate surface area is 122 Å². The third-order valence-corrected chi connectivity index (χ3v) is 4.69. The Bertz CT molecular complexity index is 592. The quantitative estimate of drug-likeness (QED) is 0.907. The van der Waals surface area contributed by atoms with Gasteiger partial charge in [-0.25, -0.2) is 4.98 Å². The summed E-state index contributed by atoms with van der Waals surface area (Å²) in [7, 11) is 1.85. The number of ether oxygens (including phenoxy) is 1. The first-order valence-electron chi connectivity index (χ1n) is 7.12. The largest absolute Gasteiger partial charge is 0.379 e. The molecule has 1 atom stereocenters. The molecule has 6 heteroatoms. The molecule has 0 aliphatic carbocycles. The minimum atomic E-state index is 0.344. The van der Waals surface area contributed by atoms with E-state index in [4.69, 9.17) is 4.74 Å². The summed E-state index contributed by atoms with van der Waals surface area (Å²) in [6, 6.07) is 2.54. The monoisotopic (exact) mass is 292 g/mol. The second kappa shape index (κ2) is 5.93. The van der Waals surface area contributed by atoms with E-state index in [1.807, 2.05) is 7.05 Å². The smallest absolute Gasteiger partial charge is 0.225 e. The summed E-state index contributed by atoms with van der Waals surface area (Å²) < 4.78 is 5.53. The second-order valence-electron chi connectivity index (χ2n) is 4.99. The van der Waals surface area contributed by atoms with Gasteiger partial charge in [-0.1, -0.05) is 6.92 Å². The molecule has 108 valence electrons. The first kappa shape index (κ1) is 13.6. The lowest BCUT2D eigenvalue weighted by Crippen LogP contribution is -2.30. The fraction of sp³-hybridized carbons (Fsp3) is 0.571. The number of aromatic nitrogens is 2. The van der Waals surface area contributed by atoms with Gasteiger partial charge < -0.3 is 15.4 Å². The van der Waals surface area contributed by atoms with E-state index in [1.54, 1.807) is 11.3 Å². The molecule has 0 radical (unpaired) electrons. The van der Waals surface area contributed by atoms with Gasteiger partial charge in [-0.3, -0.25) is 0 Å². The molecule has 1 unspecified atom stereocenters.